The monoisotopic (exact) mass is 603 g/mol. The zero-order valence-electron chi connectivity index (χ0n) is 24.5. The number of Topliss-reactive ketones (excluding diaryl/α,β-unsaturated/α-hetero) is 1. The van der Waals surface area contributed by atoms with E-state index in [-0.39, 0.29) is 37.3 Å². The summed E-state index contributed by atoms with van der Waals surface area (Å²) in [5.74, 6) is 0.208. The average Bonchev–Trinajstić information content (AvgIpc) is 3.66. The number of alkyl halides is 1. The number of hydrogen-bond acceptors (Lipinski definition) is 7. The van der Waals surface area contributed by atoms with E-state index in [1.54, 1.807) is 48.6 Å². The molecule has 1 aliphatic heterocycles. The average molecular weight is 604 g/mol. The Labute approximate surface area is 249 Å². The summed E-state index contributed by atoms with van der Waals surface area (Å²) in [5.41, 5.74) is 4.53. The van der Waals surface area contributed by atoms with Crippen molar-refractivity contribution in [3.8, 4) is 11.1 Å². The third-order valence-corrected chi connectivity index (χ3v) is 11.2. The third-order valence-electron chi connectivity index (χ3n) is 8.68. The first-order chi connectivity index (χ1) is 20.4. The maximum atomic E-state index is 14.0. The maximum absolute atomic E-state index is 14.0. The van der Waals surface area contributed by atoms with Gasteiger partial charge in [-0.1, -0.05) is 6.08 Å². The number of pyridine rings is 1. The van der Waals surface area contributed by atoms with Crippen molar-refractivity contribution < 1.29 is 17.6 Å². The Kier molecular flexibility index (Phi) is 7.11. The zero-order valence-corrected chi connectivity index (χ0v) is 25.3. The molecule has 9 nitrogen and oxygen atoms in total. The van der Waals surface area contributed by atoms with Gasteiger partial charge in [-0.15, -0.1) is 6.58 Å². The van der Waals surface area contributed by atoms with Crippen molar-refractivity contribution in [1.29, 1.82) is 0 Å². The number of H-pyrrole nitrogens is 1. The Hall–Kier alpha value is -4.12. The fourth-order valence-electron chi connectivity index (χ4n) is 6.08. The summed E-state index contributed by atoms with van der Waals surface area (Å²) in [6, 6.07) is 5.38. The van der Waals surface area contributed by atoms with Crippen LogP contribution in [-0.2, 0) is 16.4 Å². The van der Waals surface area contributed by atoms with Crippen LogP contribution in [0.3, 0.4) is 0 Å². The van der Waals surface area contributed by atoms with Gasteiger partial charge in [0.25, 0.3) is 5.56 Å². The number of carbonyl (C=O) groups is 1. The van der Waals surface area contributed by atoms with E-state index in [2.05, 4.69) is 21.5 Å². The molecule has 0 spiro atoms. The number of aromatic amines is 1. The fraction of sp³-hybridized carbons (Fsp3) is 0.375. The van der Waals surface area contributed by atoms with Crippen LogP contribution < -0.4 is 10.5 Å². The van der Waals surface area contributed by atoms with Gasteiger partial charge in [-0.3, -0.25) is 9.59 Å². The summed E-state index contributed by atoms with van der Waals surface area (Å²) in [4.78, 5) is 39.9. The Morgan fingerprint density at radius 3 is 2.42 bits per heavy atom. The van der Waals surface area contributed by atoms with Crippen molar-refractivity contribution in [2.75, 3.05) is 18.0 Å². The Balaban J connectivity index is 1.45. The molecule has 4 aromatic rings. The van der Waals surface area contributed by atoms with E-state index >= 15 is 0 Å². The lowest BCUT2D eigenvalue weighted by molar-refractivity contribution is 0.0984. The number of fused-ring (bicyclic) bond motifs is 1. The van der Waals surface area contributed by atoms with E-state index in [4.69, 9.17) is 0 Å². The standard InChI is InChI=1S/C32H34FN5O4S/c1-5-8-32(9-10-32)43(41,42)38-16-20(3)29-26(28(39)7-6-25-19(2)11-21(4)36-30(25)40)12-22(13-27(29)38)23-14-34-31(35-15-23)37-17-24(33)18-37/h5,11-16,24H,1,6-10,17-18H2,2-4H3,(H,36,40). The van der Waals surface area contributed by atoms with Crippen LogP contribution in [0, 0.1) is 20.8 Å². The molecule has 43 heavy (non-hydrogen) atoms. The number of ketones is 1. The smallest absolute Gasteiger partial charge is 0.251 e. The highest BCUT2D eigenvalue weighted by molar-refractivity contribution is 7.91. The second-order valence-corrected chi connectivity index (χ2v) is 14.1. The van der Waals surface area contributed by atoms with Gasteiger partial charge in [0, 0.05) is 52.8 Å². The van der Waals surface area contributed by atoms with Gasteiger partial charge in [-0.05, 0) is 81.3 Å². The van der Waals surface area contributed by atoms with E-state index in [0.717, 1.165) is 11.3 Å². The number of nitrogens with zero attached hydrogens (tertiary/aromatic N) is 4. The minimum Gasteiger partial charge on any atom is -0.335 e. The second kappa shape index (κ2) is 10.6. The number of benzene rings is 1. The predicted octanol–water partition coefficient (Wildman–Crippen LogP) is 4.97. The van der Waals surface area contributed by atoms with Crippen molar-refractivity contribution in [3.63, 3.8) is 0 Å². The molecule has 3 aromatic heterocycles. The molecule has 1 N–H and O–H groups in total. The van der Waals surface area contributed by atoms with E-state index in [1.807, 2.05) is 19.9 Å². The van der Waals surface area contributed by atoms with Crippen LogP contribution in [0.2, 0.25) is 0 Å². The summed E-state index contributed by atoms with van der Waals surface area (Å²) < 4.78 is 41.8. The SMILES string of the molecule is C=CCC1(S(=O)(=O)n2cc(C)c3c(C(=O)CCc4c(C)cc(C)[nH]c4=O)cc(-c4cnc(N5CC(F)C5)nc4)cc32)CC1. The number of anilines is 1. The molecular weight excluding hydrogens is 569 g/mol. The van der Waals surface area contributed by atoms with Gasteiger partial charge in [0.1, 0.15) is 6.17 Å². The molecule has 1 saturated heterocycles. The Bertz CT molecular complexity index is 1930. The number of nitrogens with one attached hydrogen (secondary N) is 1. The molecule has 1 saturated carbocycles. The van der Waals surface area contributed by atoms with Crippen molar-refractivity contribution in [2.45, 2.75) is 63.8 Å². The molecule has 0 radical (unpaired) electrons. The summed E-state index contributed by atoms with van der Waals surface area (Å²) in [6.45, 7) is 9.71. The molecular formula is C32H34FN5O4S. The van der Waals surface area contributed by atoms with E-state index in [9.17, 15) is 22.4 Å². The second-order valence-electron chi connectivity index (χ2n) is 11.8. The zero-order chi connectivity index (χ0) is 30.7. The normalized spacial score (nSPS) is 16.3. The fourth-order valence-corrected chi connectivity index (χ4v) is 8.14. The molecule has 2 aliphatic rings. The highest BCUT2D eigenvalue weighted by Gasteiger charge is 2.54. The third kappa shape index (κ3) is 4.99. The quantitative estimate of drug-likeness (QED) is 0.201. The molecule has 0 bridgehead atoms. The van der Waals surface area contributed by atoms with E-state index < -0.39 is 20.9 Å². The van der Waals surface area contributed by atoms with Gasteiger partial charge in [-0.25, -0.2) is 26.7 Å². The number of hydrogen-bond donors (Lipinski definition) is 1. The first-order valence-electron chi connectivity index (χ1n) is 14.4. The van der Waals surface area contributed by atoms with Gasteiger partial charge < -0.3 is 9.88 Å². The minimum atomic E-state index is -3.81. The van der Waals surface area contributed by atoms with Gasteiger partial charge in [-0.2, -0.15) is 0 Å². The van der Waals surface area contributed by atoms with Gasteiger partial charge in [0.15, 0.2) is 5.78 Å². The number of aromatic nitrogens is 4. The maximum Gasteiger partial charge on any atom is 0.251 e. The Morgan fingerprint density at radius 1 is 1.12 bits per heavy atom. The molecule has 4 heterocycles. The van der Waals surface area contributed by atoms with Crippen LogP contribution in [0.5, 0.6) is 0 Å². The molecule has 2 fully saturated rings. The summed E-state index contributed by atoms with van der Waals surface area (Å²) in [6.07, 6.45) is 7.29. The van der Waals surface area contributed by atoms with Crippen LogP contribution in [-0.4, -0.2) is 57.1 Å². The lowest BCUT2D eigenvalue weighted by Crippen LogP contribution is -2.49. The topological polar surface area (TPSA) is 118 Å². The minimum absolute atomic E-state index is 0.0676. The molecule has 11 heteroatoms. The summed E-state index contributed by atoms with van der Waals surface area (Å²) >= 11 is 0. The van der Waals surface area contributed by atoms with E-state index in [0.29, 0.717) is 63.9 Å². The number of carbonyl (C=O) groups excluding carboxylic acids is 1. The van der Waals surface area contributed by atoms with Crippen molar-refractivity contribution in [3.05, 3.63) is 87.7 Å². The molecule has 6 rings (SSSR count). The molecule has 0 amide bonds. The highest BCUT2D eigenvalue weighted by atomic mass is 32.2. The molecule has 0 unspecified atom stereocenters. The van der Waals surface area contributed by atoms with Gasteiger partial charge >= 0.3 is 0 Å². The first-order valence-corrected chi connectivity index (χ1v) is 15.8. The number of rotatable bonds is 10. The summed E-state index contributed by atoms with van der Waals surface area (Å²) in [5, 5.41) is 0.563. The largest absolute Gasteiger partial charge is 0.335 e. The molecule has 224 valence electrons. The predicted molar refractivity (Wildman–Crippen MR) is 165 cm³/mol. The Morgan fingerprint density at radius 2 is 1.81 bits per heavy atom. The van der Waals surface area contributed by atoms with Crippen LogP contribution in [0.25, 0.3) is 22.0 Å². The van der Waals surface area contributed by atoms with Crippen molar-refractivity contribution in [2.24, 2.45) is 0 Å². The van der Waals surface area contributed by atoms with Gasteiger partial charge in [0.05, 0.1) is 23.4 Å². The van der Waals surface area contributed by atoms with Crippen molar-refractivity contribution in [1.82, 2.24) is 18.9 Å². The van der Waals surface area contributed by atoms with E-state index in [1.165, 1.54) is 3.97 Å². The van der Waals surface area contributed by atoms with Gasteiger partial charge in [0.2, 0.25) is 16.0 Å². The van der Waals surface area contributed by atoms with Crippen LogP contribution >= 0.6 is 0 Å². The van der Waals surface area contributed by atoms with Crippen LogP contribution in [0.4, 0.5) is 10.3 Å². The molecule has 1 aromatic carbocycles. The lowest BCUT2D eigenvalue weighted by Gasteiger charge is -2.34. The lowest BCUT2D eigenvalue weighted by atomic mass is 9.94. The number of aryl methyl sites for hydroxylation is 3. The molecule has 0 atom stereocenters. The summed E-state index contributed by atoms with van der Waals surface area (Å²) in [7, 11) is -3.81. The molecule has 1 aliphatic carbocycles. The van der Waals surface area contributed by atoms with Crippen LogP contribution in [0.15, 0.2) is 54.2 Å². The van der Waals surface area contributed by atoms with Crippen LogP contribution in [0.1, 0.15) is 58.4 Å². The number of allylic oxidation sites excluding steroid dienone is 1. The van der Waals surface area contributed by atoms with Crippen molar-refractivity contribution >= 4 is 32.7 Å². The highest BCUT2D eigenvalue weighted by Crippen LogP contribution is 2.49. The number of halogens is 1. The first kappa shape index (κ1) is 29.0.